The molecule has 0 amide bonds. The lowest BCUT2D eigenvalue weighted by atomic mass is 10.2. The van der Waals surface area contributed by atoms with E-state index in [9.17, 15) is 0 Å². The zero-order valence-electron chi connectivity index (χ0n) is 14.2. The highest BCUT2D eigenvalue weighted by molar-refractivity contribution is 5.72. The highest BCUT2D eigenvalue weighted by atomic mass is 16.5. The minimum absolute atomic E-state index is 0.268. The molecular formula is C17H28N4O. The number of hydrogen-bond acceptors (Lipinski definition) is 5. The van der Waals surface area contributed by atoms with Crippen molar-refractivity contribution in [2.45, 2.75) is 52.4 Å². The number of hydrogen-bond donors (Lipinski definition) is 1. The van der Waals surface area contributed by atoms with Crippen molar-refractivity contribution in [2.24, 2.45) is 0 Å². The van der Waals surface area contributed by atoms with Crippen molar-refractivity contribution in [1.82, 2.24) is 4.98 Å². The predicted octanol–water partition coefficient (Wildman–Crippen LogP) is 2.73. The predicted molar refractivity (Wildman–Crippen MR) is 92.0 cm³/mol. The number of anilines is 3. The fraction of sp³-hybridized carbons (Fsp3) is 0.706. The first-order valence-corrected chi connectivity index (χ1v) is 8.62. The Morgan fingerprint density at radius 1 is 1.09 bits per heavy atom. The van der Waals surface area contributed by atoms with Crippen LogP contribution in [0, 0.1) is 0 Å². The Kier molecular flexibility index (Phi) is 4.43. The fourth-order valence-corrected chi connectivity index (χ4v) is 3.63. The van der Waals surface area contributed by atoms with Gasteiger partial charge in [-0.2, -0.15) is 0 Å². The Labute approximate surface area is 133 Å². The van der Waals surface area contributed by atoms with E-state index in [1.165, 1.54) is 12.1 Å². The van der Waals surface area contributed by atoms with Gasteiger partial charge < -0.3 is 19.9 Å². The number of ether oxygens (including phenoxy) is 1. The molecule has 3 unspecified atom stereocenters. The van der Waals surface area contributed by atoms with Gasteiger partial charge in [0.05, 0.1) is 17.9 Å². The summed E-state index contributed by atoms with van der Waals surface area (Å²) in [6, 6.07) is 4.95. The smallest absolute Gasteiger partial charge is 0.152 e. The van der Waals surface area contributed by atoms with Crippen LogP contribution in [0.1, 0.15) is 34.1 Å². The minimum Gasteiger partial charge on any atom is -0.372 e. The third kappa shape index (κ3) is 2.86. The van der Waals surface area contributed by atoms with Crippen molar-refractivity contribution >= 4 is 17.3 Å². The quantitative estimate of drug-likeness (QED) is 0.864. The number of rotatable bonds is 1. The number of fused-ring (bicyclic) bond motifs is 4. The normalized spacial score (nSPS) is 29.4. The van der Waals surface area contributed by atoms with Crippen molar-refractivity contribution in [2.75, 3.05) is 41.3 Å². The maximum absolute atomic E-state index is 5.80. The van der Waals surface area contributed by atoms with Crippen LogP contribution in [0.3, 0.4) is 0 Å². The van der Waals surface area contributed by atoms with Gasteiger partial charge in [-0.3, -0.25) is 0 Å². The molecule has 0 aliphatic carbocycles. The molecule has 0 saturated carbocycles. The highest BCUT2D eigenvalue weighted by Crippen LogP contribution is 2.35. The topological polar surface area (TPSA) is 40.6 Å². The van der Waals surface area contributed by atoms with E-state index in [1.54, 1.807) is 0 Å². The SMILES string of the molecule is CC.CC1CN(c2ccc3c(n2)NC2CCN3C2)CC(C)O1. The molecule has 1 aromatic rings. The third-order valence-corrected chi connectivity index (χ3v) is 4.47. The molecule has 5 nitrogen and oxygen atoms in total. The molecule has 1 aromatic heterocycles. The van der Waals surface area contributed by atoms with E-state index < -0.39 is 0 Å². The summed E-state index contributed by atoms with van der Waals surface area (Å²) < 4.78 is 5.80. The van der Waals surface area contributed by atoms with E-state index in [-0.39, 0.29) is 12.2 Å². The second-order valence-electron chi connectivity index (χ2n) is 6.28. The van der Waals surface area contributed by atoms with E-state index >= 15 is 0 Å². The molecular weight excluding hydrogens is 276 g/mol. The lowest BCUT2D eigenvalue weighted by molar-refractivity contribution is -0.00545. The zero-order chi connectivity index (χ0) is 15.7. The molecule has 4 heterocycles. The van der Waals surface area contributed by atoms with Gasteiger partial charge >= 0.3 is 0 Å². The summed E-state index contributed by atoms with van der Waals surface area (Å²) in [7, 11) is 0. The highest BCUT2D eigenvalue weighted by Gasteiger charge is 2.31. The van der Waals surface area contributed by atoms with Gasteiger partial charge in [0.2, 0.25) is 0 Å². The Morgan fingerprint density at radius 3 is 2.55 bits per heavy atom. The molecule has 0 radical (unpaired) electrons. The first-order valence-electron chi connectivity index (χ1n) is 8.62. The average molecular weight is 304 g/mol. The Hall–Kier alpha value is -1.49. The van der Waals surface area contributed by atoms with Gasteiger partial charge in [-0.05, 0) is 32.4 Å². The van der Waals surface area contributed by atoms with Gasteiger partial charge in [0.25, 0.3) is 0 Å². The van der Waals surface area contributed by atoms with Crippen LogP contribution in [0.15, 0.2) is 12.1 Å². The number of nitrogens with zero attached hydrogens (tertiary/aromatic N) is 3. The Balaban J connectivity index is 0.000000693. The standard InChI is InChI=1S/C15H22N4O.C2H6/c1-10-7-19(8-11(2)20-10)14-4-3-13-15(17-14)16-12-5-6-18(13)9-12;1-2/h3-4,10-12H,5-9H2,1-2H3,(H,16,17);1-2H3. The van der Waals surface area contributed by atoms with Crippen LogP contribution in [-0.2, 0) is 4.74 Å². The summed E-state index contributed by atoms with van der Waals surface area (Å²) in [5.74, 6) is 2.13. The monoisotopic (exact) mass is 304 g/mol. The number of pyridine rings is 1. The van der Waals surface area contributed by atoms with Crippen molar-refractivity contribution < 1.29 is 4.74 Å². The summed E-state index contributed by atoms with van der Waals surface area (Å²) in [5, 5.41) is 3.58. The van der Waals surface area contributed by atoms with Gasteiger partial charge in [0.15, 0.2) is 5.82 Å². The van der Waals surface area contributed by atoms with Crippen LogP contribution in [0.2, 0.25) is 0 Å². The molecule has 3 aliphatic rings. The average Bonchev–Trinajstić information content (AvgIpc) is 2.90. The van der Waals surface area contributed by atoms with Crippen LogP contribution < -0.4 is 15.1 Å². The van der Waals surface area contributed by atoms with E-state index in [0.29, 0.717) is 6.04 Å². The Morgan fingerprint density at radius 2 is 1.82 bits per heavy atom. The minimum atomic E-state index is 0.268. The molecule has 22 heavy (non-hydrogen) atoms. The molecule has 1 N–H and O–H groups in total. The summed E-state index contributed by atoms with van der Waals surface area (Å²) in [6.07, 6.45) is 1.76. The van der Waals surface area contributed by atoms with E-state index in [0.717, 1.165) is 37.8 Å². The summed E-state index contributed by atoms with van der Waals surface area (Å²) >= 11 is 0. The second kappa shape index (κ2) is 6.32. The van der Waals surface area contributed by atoms with Crippen LogP contribution in [-0.4, -0.2) is 49.4 Å². The molecule has 3 aliphatic heterocycles. The van der Waals surface area contributed by atoms with E-state index in [4.69, 9.17) is 9.72 Å². The molecule has 2 bridgehead atoms. The van der Waals surface area contributed by atoms with Crippen LogP contribution in [0.25, 0.3) is 0 Å². The molecule has 5 heteroatoms. The first-order chi connectivity index (χ1) is 10.7. The summed E-state index contributed by atoms with van der Waals surface area (Å²) in [4.78, 5) is 9.65. The number of nitrogens with one attached hydrogen (secondary N) is 1. The Bertz CT molecular complexity index is 511. The van der Waals surface area contributed by atoms with Gasteiger partial charge in [-0.15, -0.1) is 0 Å². The molecule has 0 aromatic carbocycles. The first kappa shape index (κ1) is 15.4. The summed E-state index contributed by atoms with van der Waals surface area (Å²) in [5.41, 5.74) is 1.26. The lowest BCUT2D eigenvalue weighted by Gasteiger charge is -2.37. The molecule has 2 saturated heterocycles. The van der Waals surface area contributed by atoms with E-state index in [2.05, 4.69) is 41.1 Å². The van der Waals surface area contributed by atoms with Gasteiger partial charge in [0, 0.05) is 32.2 Å². The maximum Gasteiger partial charge on any atom is 0.152 e. The van der Waals surface area contributed by atoms with Crippen LogP contribution >= 0.6 is 0 Å². The van der Waals surface area contributed by atoms with E-state index in [1.807, 2.05) is 13.8 Å². The maximum atomic E-state index is 5.80. The molecule has 122 valence electrons. The third-order valence-electron chi connectivity index (χ3n) is 4.47. The molecule has 4 rings (SSSR count). The molecule has 2 fully saturated rings. The molecule has 3 atom stereocenters. The van der Waals surface area contributed by atoms with Crippen LogP contribution in [0.4, 0.5) is 17.3 Å². The zero-order valence-corrected chi connectivity index (χ0v) is 14.2. The van der Waals surface area contributed by atoms with Crippen molar-refractivity contribution in [3.63, 3.8) is 0 Å². The van der Waals surface area contributed by atoms with Crippen molar-refractivity contribution in [3.05, 3.63) is 12.1 Å². The van der Waals surface area contributed by atoms with Gasteiger partial charge in [-0.25, -0.2) is 4.98 Å². The van der Waals surface area contributed by atoms with Crippen molar-refractivity contribution in [3.8, 4) is 0 Å². The number of aromatic nitrogens is 1. The molecule has 0 spiro atoms. The lowest BCUT2D eigenvalue weighted by Crippen LogP contribution is -2.46. The second-order valence-corrected chi connectivity index (χ2v) is 6.28. The summed E-state index contributed by atoms with van der Waals surface area (Å²) in [6.45, 7) is 12.4. The van der Waals surface area contributed by atoms with Crippen LogP contribution in [0.5, 0.6) is 0 Å². The van der Waals surface area contributed by atoms with Crippen molar-refractivity contribution in [1.29, 1.82) is 0 Å². The van der Waals surface area contributed by atoms with Gasteiger partial charge in [0.1, 0.15) is 5.82 Å². The largest absolute Gasteiger partial charge is 0.372 e. The fourth-order valence-electron chi connectivity index (χ4n) is 3.63. The van der Waals surface area contributed by atoms with Gasteiger partial charge in [-0.1, -0.05) is 13.8 Å². The number of morpholine rings is 1.